The monoisotopic (exact) mass is 450 g/mol. The molecule has 0 radical (unpaired) electrons. The van der Waals surface area contributed by atoms with Crippen LogP contribution >= 0.6 is 35.7 Å². The predicted molar refractivity (Wildman–Crippen MR) is 114 cm³/mol. The van der Waals surface area contributed by atoms with Crippen molar-refractivity contribution in [2.24, 2.45) is 4.99 Å². The number of rotatable bonds is 8. The van der Waals surface area contributed by atoms with E-state index in [2.05, 4.69) is 67.8 Å². The van der Waals surface area contributed by atoms with Gasteiger partial charge in [0.2, 0.25) is 0 Å². The molecular formula is C17H31IN4S. The summed E-state index contributed by atoms with van der Waals surface area (Å²) in [4.78, 5) is 8.30. The molecule has 0 aliphatic carbocycles. The first kappa shape index (κ1) is 22.5. The van der Waals surface area contributed by atoms with Gasteiger partial charge in [0, 0.05) is 24.5 Å². The summed E-state index contributed by atoms with van der Waals surface area (Å²) in [5, 5.41) is 6.70. The topological polar surface area (TPSA) is 39.7 Å². The SMILES string of the molecule is CCNC(=NCc1ccc(C)cc1SC)NCCN(C)CC.I. The number of guanidine groups is 1. The minimum atomic E-state index is 0. The van der Waals surface area contributed by atoms with E-state index in [0.717, 1.165) is 32.1 Å². The molecule has 0 aromatic heterocycles. The van der Waals surface area contributed by atoms with Gasteiger partial charge in [-0.05, 0) is 50.9 Å². The minimum Gasteiger partial charge on any atom is -0.357 e. The van der Waals surface area contributed by atoms with E-state index in [0.29, 0.717) is 6.54 Å². The third-order valence-electron chi connectivity index (χ3n) is 3.52. The highest BCUT2D eigenvalue weighted by Gasteiger charge is 2.03. The molecule has 0 spiro atoms. The highest BCUT2D eigenvalue weighted by Crippen LogP contribution is 2.22. The second-order valence-electron chi connectivity index (χ2n) is 5.33. The van der Waals surface area contributed by atoms with Gasteiger partial charge < -0.3 is 15.5 Å². The summed E-state index contributed by atoms with van der Waals surface area (Å²) in [6, 6.07) is 6.56. The Balaban J connectivity index is 0.00000484. The molecule has 2 N–H and O–H groups in total. The lowest BCUT2D eigenvalue weighted by Gasteiger charge is -2.16. The largest absolute Gasteiger partial charge is 0.357 e. The fourth-order valence-electron chi connectivity index (χ4n) is 2.01. The maximum atomic E-state index is 4.71. The summed E-state index contributed by atoms with van der Waals surface area (Å²) in [5.41, 5.74) is 2.57. The van der Waals surface area contributed by atoms with E-state index < -0.39 is 0 Å². The standard InChI is InChI=1S/C17H30N4S.HI/c1-6-18-17(19-10-11-21(4)7-2)20-13-15-9-8-14(3)12-16(15)22-5;/h8-9,12H,6-7,10-11,13H2,1-5H3,(H2,18,19,20);1H. The van der Waals surface area contributed by atoms with Crippen molar-refractivity contribution in [3.63, 3.8) is 0 Å². The third-order valence-corrected chi connectivity index (χ3v) is 4.34. The van der Waals surface area contributed by atoms with Gasteiger partial charge in [-0.1, -0.05) is 19.1 Å². The fraction of sp³-hybridized carbons (Fsp3) is 0.588. The number of hydrogen-bond donors (Lipinski definition) is 2. The van der Waals surface area contributed by atoms with Crippen molar-refractivity contribution in [3.05, 3.63) is 29.3 Å². The molecule has 4 nitrogen and oxygen atoms in total. The normalized spacial score (nSPS) is 11.3. The summed E-state index contributed by atoms with van der Waals surface area (Å²) in [5.74, 6) is 0.889. The van der Waals surface area contributed by atoms with E-state index in [-0.39, 0.29) is 24.0 Å². The van der Waals surface area contributed by atoms with Crippen molar-refractivity contribution in [1.29, 1.82) is 0 Å². The molecule has 6 heteroatoms. The number of benzene rings is 1. The number of aryl methyl sites for hydroxylation is 1. The van der Waals surface area contributed by atoms with Gasteiger partial charge in [-0.2, -0.15) is 0 Å². The van der Waals surface area contributed by atoms with Gasteiger partial charge in [0.25, 0.3) is 0 Å². The number of aliphatic imine (C=N–C) groups is 1. The zero-order chi connectivity index (χ0) is 16.4. The number of nitrogens with zero attached hydrogens (tertiary/aromatic N) is 2. The lowest BCUT2D eigenvalue weighted by Crippen LogP contribution is -2.40. The molecule has 132 valence electrons. The van der Waals surface area contributed by atoms with Gasteiger partial charge >= 0.3 is 0 Å². The Hall–Kier alpha value is -0.470. The minimum absolute atomic E-state index is 0. The second kappa shape index (κ2) is 12.9. The average molecular weight is 450 g/mol. The molecule has 0 atom stereocenters. The summed E-state index contributed by atoms with van der Waals surface area (Å²) >= 11 is 1.78. The molecule has 0 aliphatic rings. The molecule has 23 heavy (non-hydrogen) atoms. The first-order valence-electron chi connectivity index (χ1n) is 7.94. The van der Waals surface area contributed by atoms with Crippen LogP contribution < -0.4 is 10.6 Å². The maximum Gasteiger partial charge on any atom is 0.191 e. The molecular weight excluding hydrogens is 419 g/mol. The molecule has 0 fully saturated rings. The molecule has 0 aliphatic heterocycles. The van der Waals surface area contributed by atoms with Gasteiger partial charge in [-0.3, -0.25) is 0 Å². The van der Waals surface area contributed by atoms with Gasteiger partial charge in [0.15, 0.2) is 5.96 Å². The van der Waals surface area contributed by atoms with Crippen molar-refractivity contribution in [3.8, 4) is 0 Å². The molecule has 0 saturated carbocycles. The number of thioether (sulfide) groups is 1. The van der Waals surface area contributed by atoms with Crippen molar-refractivity contribution >= 4 is 41.7 Å². The van der Waals surface area contributed by atoms with Gasteiger partial charge in [0.05, 0.1) is 6.54 Å². The van der Waals surface area contributed by atoms with Crippen LogP contribution in [0.15, 0.2) is 28.1 Å². The second-order valence-corrected chi connectivity index (χ2v) is 6.18. The first-order chi connectivity index (χ1) is 10.6. The van der Waals surface area contributed by atoms with Crippen LogP contribution in [-0.4, -0.2) is 50.3 Å². The highest BCUT2D eigenvalue weighted by atomic mass is 127. The van der Waals surface area contributed by atoms with E-state index in [1.807, 2.05) is 0 Å². The van der Waals surface area contributed by atoms with E-state index in [4.69, 9.17) is 4.99 Å². The van der Waals surface area contributed by atoms with Crippen LogP contribution in [0.2, 0.25) is 0 Å². The predicted octanol–water partition coefficient (Wildman–Crippen LogP) is 3.34. The van der Waals surface area contributed by atoms with Crippen LogP contribution in [0, 0.1) is 6.92 Å². The van der Waals surface area contributed by atoms with Crippen molar-refractivity contribution in [1.82, 2.24) is 15.5 Å². The average Bonchev–Trinajstić information content (AvgIpc) is 2.52. The van der Waals surface area contributed by atoms with Gasteiger partial charge in [-0.15, -0.1) is 35.7 Å². The van der Waals surface area contributed by atoms with Crippen LogP contribution in [-0.2, 0) is 6.54 Å². The Morgan fingerprint density at radius 2 is 2.00 bits per heavy atom. The lowest BCUT2D eigenvalue weighted by atomic mass is 10.1. The zero-order valence-corrected chi connectivity index (χ0v) is 18.1. The van der Waals surface area contributed by atoms with E-state index in [1.165, 1.54) is 16.0 Å². The highest BCUT2D eigenvalue weighted by molar-refractivity contribution is 14.0. The number of hydrogen-bond acceptors (Lipinski definition) is 3. The maximum absolute atomic E-state index is 4.71. The molecule has 0 heterocycles. The van der Waals surface area contributed by atoms with Gasteiger partial charge in [0.1, 0.15) is 0 Å². The van der Waals surface area contributed by atoms with E-state index in [9.17, 15) is 0 Å². The fourth-order valence-corrected chi connectivity index (χ4v) is 2.71. The molecule has 0 amide bonds. The van der Waals surface area contributed by atoms with E-state index >= 15 is 0 Å². The lowest BCUT2D eigenvalue weighted by molar-refractivity contribution is 0.357. The molecule has 0 unspecified atom stereocenters. The van der Waals surface area contributed by atoms with E-state index in [1.54, 1.807) is 11.8 Å². The Morgan fingerprint density at radius 3 is 2.61 bits per heavy atom. The van der Waals surface area contributed by atoms with Gasteiger partial charge in [-0.25, -0.2) is 4.99 Å². The number of likely N-dealkylation sites (N-methyl/N-ethyl adjacent to an activating group) is 1. The van der Waals surface area contributed by atoms with Crippen molar-refractivity contribution in [2.75, 3.05) is 39.5 Å². The molecule has 0 saturated heterocycles. The zero-order valence-electron chi connectivity index (χ0n) is 15.0. The van der Waals surface area contributed by atoms with Crippen LogP contribution in [0.4, 0.5) is 0 Å². The molecule has 1 aromatic rings. The van der Waals surface area contributed by atoms with Crippen molar-refractivity contribution in [2.45, 2.75) is 32.2 Å². The molecule has 1 rings (SSSR count). The quantitative estimate of drug-likeness (QED) is 0.276. The summed E-state index contributed by atoms with van der Waals surface area (Å²) in [6.07, 6.45) is 2.12. The Labute approximate surface area is 162 Å². The molecule has 1 aromatic carbocycles. The molecule has 0 bridgehead atoms. The van der Waals surface area contributed by atoms with Crippen LogP contribution in [0.25, 0.3) is 0 Å². The summed E-state index contributed by atoms with van der Waals surface area (Å²) in [7, 11) is 2.13. The van der Waals surface area contributed by atoms with Crippen LogP contribution in [0.1, 0.15) is 25.0 Å². The summed E-state index contributed by atoms with van der Waals surface area (Å²) < 4.78 is 0. The van der Waals surface area contributed by atoms with Crippen LogP contribution in [0.3, 0.4) is 0 Å². The smallest absolute Gasteiger partial charge is 0.191 e. The van der Waals surface area contributed by atoms with Crippen LogP contribution in [0.5, 0.6) is 0 Å². The Kier molecular flexibility index (Phi) is 12.6. The number of halogens is 1. The van der Waals surface area contributed by atoms with Crippen molar-refractivity contribution < 1.29 is 0 Å². The number of nitrogens with one attached hydrogen (secondary N) is 2. The summed E-state index contributed by atoms with van der Waals surface area (Å²) in [6.45, 7) is 10.9. The third kappa shape index (κ3) is 8.81. The Bertz CT molecular complexity index is 480. The Morgan fingerprint density at radius 1 is 1.26 bits per heavy atom. The first-order valence-corrected chi connectivity index (χ1v) is 9.17.